The lowest BCUT2D eigenvalue weighted by Gasteiger charge is -2.07. The average Bonchev–Trinajstić information content (AvgIpc) is 2.73. The second kappa shape index (κ2) is 5.36. The number of pyridine rings is 1. The van der Waals surface area contributed by atoms with Crippen molar-refractivity contribution in [2.45, 2.75) is 6.54 Å². The summed E-state index contributed by atoms with van der Waals surface area (Å²) in [6.45, 7) is 0.618. The molecule has 0 radical (unpaired) electrons. The smallest absolute Gasteiger partial charge is 0.250 e. The third-order valence-corrected chi connectivity index (χ3v) is 4.25. The summed E-state index contributed by atoms with van der Waals surface area (Å²) in [5.41, 5.74) is 11.4. The molecule has 0 fully saturated rings. The summed E-state index contributed by atoms with van der Waals surface area (Å²) >= 11 is 5.07. The number of nitrogen functional groups attached to an aromatic ring is 1. The van der Waals surface area contributed by atoms with Crippen molar-refractivity contribution in [3.05, 3.63) is 38.6 Å². The first kappa shape index (κ1) is 12.8. The summed E-state index contributed by atoms with van der Waals surface area (Å²) in [6.07, 6.45) is 1.42. The minimum absolute atomic E-state index is 0.276. The van der Waals surface area contributed by atoms with E-state index in [9.17, 15) is 4.79 Å². The van der Waals surface area contributed by atoms with Crippen LogP contribution < -0.4 is 16.8 Å². The van der Waals surface area contributed by atoms with Crippen LogP contribution in [0, 0.1) is 0 Å². The van der Waals surface area contributed by atoms with Crippen LogP contribution in [0.25, 0.3) is 0 Å². The molecule has 0 aliphatic carbocycles. The first-order valence-electron chi connectivity index (χ1n) is 5.09. The highest BCUT2D eigenvalue weighted by atomic mass is 79.9. The molecule has 5 N–H and O–H groups in total. The Balaban J connectivity index is 2.13. The lowest BCUT2D eigenvalue weighted by Crippen LogP contribution is -2.14. The molecule has 0 aromatic carbocycles. The van der Waals surface area contributed by atoms with Gasteiger partial charge in [0.2, 0.25) is 0 Å². The Kier molecular flexibility index (Phi) is 3.83. The van der Waals surface area contributed by atoms with E-state index >= 15 is 0 Å². The van der Waals surface area contributed by atoms with Gasteiger partial charge in [-0.25, -0.2) is 4.98 Å². The number of rotatable bonds is 4. The number of hydrogen-bond donors (Lipinski definition) is 3. The minimum atomic E-state index is -0.560. The van der Waals surface area contributed by atoms with Crippen molar-refractivity contribution in [3.63, 3.8) is 0 Å². The molecule has 94 valence electrons. The van der Waals surface area contributed by atoms with Gasteiger partial charge in [-0.3, -0.25) is 4.79 Å². The number of thiophene rings is 1. The average molecular weight is 327 g/mol. The molecule has 0 atom stereocenters. The fourth-order valence-corrected chi connectivity index (χ4v) is 2.83. The van der Waals surface area contributed by atoms with Gasteiger partial charge in [-0.15, -0.1) is 11.3 Å². The van der Waals surface area contributed by atoms with Crippen molar-refractivity contribution in [2.75, 3.05) is 11.1 Å². The van der Waals surface area contributed by atoms with Crippen LogP contribution >= 0.6 is 27.3 Å². The SMILES string of the molecule is NC(=O)c1cc(NCc2sccc2Br)ncc1N. The molecule has 2 heterocycles. The predicted octanol–water partition coefficient (Wildman–Crippen LogP) is 2.20. The van der Waals surface area contributed by atoms with Crippen LogP contribution in [0.5, 0.6) is 0 Å². The fourth-order valence-electron chi connectivity index (χ4n) is 1.40. The summed E-state index contributed by atoms with van der Waals surface area (Å²) < 4.78 is 1.05. The van der Waals surface area contributed by atoms with Gasteiger partial charge in [0, 0.05) is 9.35 Å². The lowest BCUT2D eigenvalue weighted by atomic mass is 10.2. The Labute approximate surface area is 116 Å². The maximum Gasteiger partial charge on any atom is 0.250 e. The van der Waals surface area contributed by atoms with Crippen LogP contribution in [0.3, 0.4) is 0 Å². The number of nitrogens with two attached hydrogens (primary N) is 2. The molecule has 2 aromatic rings. The Morgan fingerprint density at radius 1 is 1.56 bits per heavy atom. The maximum absolute atomic E-state index is 11.1. The monoisotopic (exact) mass is 326 g/mol. The van der Waals surface area contributed by atoms with E-state index in [1.807, 2.05) is 11.4 Å². The van der Waals surface area contributed by atoms with Gasteiger partial charge in [-0.1, -0.05) is 0 Å². The van der Waals surface area contributed by atoms with Crippen molar-refractivity contribution < 1.29 is 4.79 Å². The number of carbonyl (C=O) groups excluding carboxylic acids is 1. The molecule has 2 aromatic heterocycles. The predicted molar refractivity (Wildman–Crippen MR) is 76.5 cm³/mol. The van der Waals surface area contributed by atoms with E-state index in [-0.39, 0.29) is 11.3 Å². The molecule has 7 heteroatoms. The highest BCUT2D eigenvalue weighted by molar-refractivity contribution is 9.10. The molecular weight excluding hydrogens is 316 g/mol. The molecule has 18 heavy (non-hydrogen) atoms. The van der Waals surface area contributed by atoms with Crippen LogP contribution in [-0.2, 0) is 6.54 Å². The number of hydrogen-bond acceptors (Lipinski definition) is 5. The van der Waals surface area contributed by atoms with E-state index in [0.29, 0.717) is 12.4 Å². The first-order chi connectivity index (χ1) is 8.58. The summed E-state index contributed by atoms with van der Waals surface area (Å²) in [5.74, 6) is 0.00792. The molecule has 0 aliphatic heterocycles. The van der Waals surface area contributed by atoms with Crippen LogP contribution in [-0.4, -0.2) is 10.9 Å². The molecular formula is C11H11BrN4OS. The van der Waals surface area contributed by atoms with Gasteiger partial charge in [0.1, 0.15) is 5.82 Å². The van der Waals surface area contributed by atoms with Crippen molar-refractivity contribution in [2.24, 2.45) is 5.73 Å². The number of nitrogens with one attached hydrogen (secondary N) is 1. The standard InChI is InChI=1S/C11H11BrN4OS/c12-7-1-2-18-9(7)5-16-10-3-6(11(14)17)8(13)4-15-10/h1-4H,5,13H2,(H2,14,17)(H,15,16). The van der Waals surface area contributed by atoms with Gasteiger partial charge in [0.05, 0.1) is 24.0 Å². The Bertz CT molecular complexity index is 584. The highest BCUT2D eigenvalue weighted by Crippen LogP contribution is 2.23. The topological polar surface area (TPSA) is 94.0 Å². The van der Waals surface area contributed by atoms with Crippen LogP contribution in [0.1, 0.15) is 15.2 Å². The second-order valence-corrected chi connectivity index (χ2v) is 5.42. The maximum atomic E-state index is 11.1. The molecule has 1 amide bonds. The summed E-state index contributed by atoms with van der Waals surface area (Å²) in [4.78, 5) is 16.4. The van der Waals surface area contributed by atoms with E-state index in [1.54, 1.807) is 17.4 Å². The zero-order valence-electron chi connectivity index (χ0n) is 9.31. The van der Waals surface area contributed by atoms with Gasteiger partial charge in [0.15, 0.2) is 0 Å². The van der Waals surface area contributed by atoms with Crippen LogP contribution in [0.15, 0.2) is 28.2 Å². The van der Waals surface area contributed by atoms with Crippen LogP contribution in [0.4, 0.5) is 11.5 Å². The minimum Gasteiger partial charge on any atom is -0.397 e. The Morgan fingerprint density at radius 3 is 2.94 bits per heavy atom. The summed E-state index contributed by atoms with van der Waals surface area (Å²) in [7, 11) is 0. The van der Waals surface area contributed by atoms with E-state index < -0.39 is 5.91 Å². The van der Waals surface area contributed by atoms with Gasteiger partial charge < -0.3 is 16.8 Å². The number of carbonyl (C=O) groups is 1. The summed E-state index contributed by atoms with van der Waals surface area (Å²) in [6, 6.07) is 3.53. The largest absolute Gasteiger partial charge is 0.397 e. The molecule has 0 aliphatic rings. The first-order valence-corrected chi connectivity index (χ1v) is 6.76. The van der Waals surface area contributed by atoms with E-state index in [4.69, 9.17) is 11.5 Å². The van der Waals surface area contributed by atoms with Gasteiger partial charge in [-0.05, 0) is 33.4 Å². The van der Waals surface area contributed by atoms with Gasteiger partial charge in [-0.2, -0.15) is 0 Å². The van der Waals surface area contributed by atoms with Crippen molar-refractivity contribution in [1.29, 1.82) is 0 Å². The van der Waals surface area contributed by atoms with E-state index in [1.165, 1.54) is 6.20 Å². The van der Waals surface area contributed by atoms with Gasteiger partial charge in [0.25, 0.3) is 5.91 Å². The zero-order valence-corrected chi connectivity index (χ0v) is 11.7. The molecule has 0 spiro atoms. The third-order valence-electron chi connectivity index (χ3n) is 2.32. The Hall–Kier alpha value is -1.60. The third kappa shape index (κ3) is 2.80. The number of anilines is 2. The number of aromatic nitrogens is 1. The molecule has 0 saturated heterocycles. The second-order valence-electron chi connectivity index (χ2n) is 3.57. The summed E-state index contributed by atoms with van der Waals surface area (Å²) in [5, 5.41) is 5.11. The zero-order chi connectivity index (χ0) is 13.1. The highest BCUT2D eigenvalue weighted by Gasteiger charge is 2.08. The van der Waals surface area contributed by atoms with Gasteiger partial charge >= 0.3 is 0 Å². The molecule has 0 saturated carbocycles. The molecule has 0 unspecified atom stereocenters. The number of halogens is 1. The van der Waals surface area contributed by atoms with Crippen molar-refractivity contribution in [1.82, 2.24) is 4.98 Å². The number of nitrogens with zero attached hydrogens (tertiary/aromatic N) is 1. The van der Waals surface area contributed by atoms with Crippen molar-refractivity contribution >= 4 is 44.7 Å². The quantitative estimate of drug-likeness (QED) is 0.802. The fraction of sp³-hybridized carbons (Fsp3) is 0.0909. The normalized spacial score (nSPS) is 10.3. The molecule has 2 rings (SSSR count). The lowest BCUT2D eigenvalue weighted by molar-refractivity contribution is 0.100. The number of primary amides is 1. The molecule has 5 nitrogen and oxygen atoms in total. The Morgan fingerprint density at radius 2 is 2.33 bits per heavy atom. The van der Waals surface area contributed by atoms with E-state index in [0.717, 1.165) is 9.35 Å². The van der Waals surface area contributed by atoms with Crippen molar-refractivity contribution in [3.8, 4) is 0 Å². The van der Waals surface area contributed by atoms with Crippen LogP contribution in [0.2, 0.25) is 0 Å². The number of amides is 1. The molecule has 0 bridgehead atoms. The van der Waals surface area contributed by atoms with E-state index in [2.05, 4.69) is 26.2 Å².